The number of carbonyl (C=O) groups excluding carboxylic acids is 2. The van der Waals surface area contributed by atoms with Crippen LogP contribution in [0.4, 0.5) is 0 Å². The Bertz CT molecular complexity index is 1500. The highest BCUT2D eigenvalue weighted by molar-refractivity contribution is 6.46. The summed E-state index contributed by atoms with van der Waals surface area (Å²) in [5.74, 6) is -0.954. The summed E-state index contributed by atoms with van der Waals surface area (Å²) in [6.07, 6.45) is 4.00. The highest BCUT2D eigenvalue weighted by Crippen LogP contribution is 2.40. The standard InChI is InChI=1S/C30H27N3O4/c1-3-19-37-23-14-12-22(13-15-23)27-25(28(34)26-20(2)31-24-11-7-8-17-32(24)26)29(35)30(36)33(27)18-16-21-9-5-4-6-10-21/h3-15,17,27,34H,1,16,18-19H2,2H3/b28-25+. The first-order chi connectivity index (χ1) is 18.0. The van der Waals surface area contributed by atoms with Gasteiger partial charge in [-0.25, -0.2) is 4.98 Å². The molecule has 1 aliphatic heterocycles. The SMILES string of the molecule is C=CCOc1ccc(C2/C(=C(\O)c3c(C)nc4ccccn34)C(=O)C(=O)N2CCc2ccccc2)cc1. The number of hydrogen-bond acceptors (Lipinski definition) is 5. The van der Waals surface area contributed by atoms with E-state index in [9.17, 15) is 14.7 Å². The van der Waals surface area contributed by atoms with Crippen LogP contribution < -0.4 is 4.74 Å². The average molecular weight is 494 g/mol. The Labute approximate surface area is 215 Å². The van der Waals surface area contributed by atoms with E-state index in [0.717, 1.165) is 5.56 Å². The van der Waals surface area contributed by atoms with Crippen molar-refractivity contribution in [3.63, 3.8) is 0 Å². The molecule has 4 aromatic rings. The largest absolute Gasteiger partial charge is 0.505 e. The van der Waals surface area contributed by atoms with Crippen molar-refractivity contribution >= 4 is 23.1 Å². The monoisotopic (exact) mass is 493 g/mol. The van der Waals surface area contributed by atoms with Gasteiger partial charge in [0.2, 0.25) is 0 Å². The molecular weight excluding hydrogens is 466 g/mol. The molecule has 0 bridgehead atoms. The minimum Gasteiger partial charge on any atom is -0.505 e. The molecule has 1 amide bonds. The van der Waals surface area contributed by atoms with E-state index in [1.165, 1.54) is 0 Å². The van der Waals surface area contributed by atoms with Gasteiger partial charge in [0.05, 0.1) is 17.3 Å². The normalized spacial score (nSPS) is 16.9. The smallest absolute Gasteiger partial charge is 0.295 e. The second-order valence-electron chi connectivity index (χ2n) is 8.87. The highest BCUT2D eigenvalue weighted by atomic mass is 16.5. The van der Waals surface area contributed by atoms with Gasteiger partial charge in [0.25, 0.3) is 11.7 Å². The zero-order valence-electron chi connectivity index (χ0n) is 20.5. The predicted octanol–water partition coefficient (Wildman–Crippen LogP) is 4.87. The number of aliphatic hydroxyl groups is 1. The van der Waals surface area contributed by atoms with Crippen molar-refractivity contribution in [1.29, 1.82) is 0 Å². The van der Waals surface area contributed by atoms with Gasteiger partial charge in [-0.2, -0.15) is 0 Å². The van der Waals surface area contributed by atoms with Crippen LogP contribution in [0.2, 0.25) is 0 Å². The number of pyridine rings is 1. The van der Waals surface area contributed by atoms with Crippen LogP contribution in [-0.4, -0.2) is 44.2 Å². The third-order valence-electron chi connectivity index (χ3n) is 6.52. The summed E-state index contributed by atoms with van der Waals surface area (Å²) in [4.78, 5) is 32.8. The van der Waals surface area contributed by atoms with Crippen molar-refractivity contribution in [3.8, 4) is 5.75 Å². The number of likely N-dealkylation sites (tertiary alicyclic amines) is 1. The van der Waals surface area contributed by atoms with Crippen molar-refractivity contribution < 1.29 is 19.4 Å². The molecule has 5 rings (SSSR count). The lowest BCUT2D eigenvalue weighted by Gasteiger charge is -2.25. The summed E-state index contributed by atoms with van der Waals surface area (Å²) in [5, 5.41) is 11.6. The molecule has 3 heterocycles. The Kier molecular flexibility index (Phi) is 6.60. The Balaban J connectivity index is 1.61. The lowest BCUT2D eigenvalue weighted by atomic mass is 9.96. The van der Waals surface area contributed by atoms with Crippen molar-refractivity contribution in [3.05, 3.63) is 120 Å². The molecule has 0 aliphatic carbocycles. The molecule has 2 aromatic heterocycles. The Hall–Kier alpha value is -4.65. The number of Topliss-reactive ketones (excluding diaryl/α,β-unsaturated/α-hetero) is 1. The minimum atomic E-state index is -0.758. The number of benzene rings is 2. The number of fused-ring (bicyclic) bond motifs is 1. The van der Waals surface area contributed by atoms with E-state index in [-0.39, 0.29) is 11.3 Å². The number of nitrogens with zero attached hydrogens (tertiary/aromatic N) is 3. The second-order valence-corrected chi connectivity index (χ2v) is 8.87. The topological polar surface area (TPSA) is 84.1 Å². The van der Waals surface area contributed by atoms with Gasteiger partial charge in [0.15, 0.2) is 5.76 Å². The van der Waals surface area contributed by atoms with E-state index in [0.29, 0.717) is 47.9 Å². The number of ketones is 1. The van der Waals surface area contributed by atoms with Crippen molar-refractivity contribution in [1.82, 2.24) is 14.3 Å². The van der Waals surface area contributed by atoms with E-state index < -0.39 is 17.7 Å². The summed E-state index contributed by atoms with van der Waals surface area (Å²) >= 11 is 0. The number of aliphatic hydroxyl groups excluding tert-OH is 1. The quantitative estimate of drug-likeness (QED) is 0.164. The lowest BCUT2D eigenvalue weighted by molar-refractivity contribution is -0.139. The molecule has 7 nitrogen and oxygen atoms in total. The summed E-state index contributed by atoms with van der Waals surface area (Å²) < 4.78 is 7.33. The molecule has 1 fully saturated rings. The molecule has 1 saturated heterocycles. The van der Waals surface area contributed by atoms with Crippen LogP contribution in [0.5, 0.6) is 5.75 Å². The van der Waals surface area contributed by atoms with Gasteiger partial charge in [-0.1, -0.05) is 61.2 Å². The highest BCUT2D eigenvalue weighted by Gasteiger charge is 2.46. The Morgan fingerprint density at radius 1 is 1.05 bits per heavy atom. The first-order valence-electron chi connectivity index (χ1n) is 12.1. The minimum absolute atomic E-state index is 0.0478. The van der Waals surface area contributed by atoms with Gasteiger partial charge in [0, 0.05) is 12.7 Å². The van der Waals surface area contributed by atoms with Crippen LogP contribution in [0, 0.1) is 6.92 Å². The van der Waals surface area contributed by atoms with Gasteiger partial charge in [-0.05, 0) is 48.7 Å². The van der Waals surface area contributed by atoms with E-state index in [2.05, 4.69) is 11.6 Å². The summed E-state index contributed by atoms with van der Waals surface area (Å²) in [7, 11) is 0. The number of imidazole rings is 1. The third kappa shape index (κ3) is 4.51. The van der Waals surface area contributed by atoms with Gasteiger partial charge in [-0.15, -0.1) is 0 Å². The fourth-order valence-electron chi connectivity index (χ4n) is 4.78. The molecular formula is C30H27N3O4. The summed E-state index contributed by atoms with van der Waals surface area (Å²) in [5.41, 5.74) is 3.39. The maximum absolute atomic E-state index is 13.4. The summed E-state index contributed by atoms with van der Waals surface area (Å²) in [6.45, 7) is 6.12. The van der Waals surface area contributed by atoms with Crippen molar-refractivity contribution in [2.24, 2.45) is 0 Å². The molecule has 0 saturated carbocycles. The van der Waals surface area contributed by atoms with Crippen LogP contribution in [0.15, 0.2) is 97.2 Å². The van der Waals surface area contributed by atoms with E-state index in [1.54, 1.807) is 40.6 Å². The maximum Gasteiger partial charge on any atom is 0.295 e. The summed E-state index contributed by atoms with van der Waals surface area (Å²) in [6, 6.07) is 21.7. The number of ether oxygens (including phenoxy) is 1. The molecule has 1 unspecified atom stereocenters. The molecule has 0 radical (unpaired) electrons. The number of carbonyl (C=O) groups is 2. The number of amides is 1. The molecule has 2 aromatic carbocycles. The van der Waals surface area contributed by atoms with Crippen molar-refractivity contribution in [2.75, 3.05) is 13.2 Å². The predicted molar refractivity (Wildman–Crippen MR) is 141 cm³/mol. The van der Waals surface area contributed by atoms with E-state index >= 15 is 0 Å². The van der Waals surface area contributed by atoms with Crippen LogP contribution in [-0.2, 0) is 16.0 Å². The first kappa shape index (κ1) is 24.1. The van der Waals surface area contributed by atoms with Crippen molar-refractivity contribution in [2.45, 2.75) is 19.4 Å². The second kappa shape index (κ2) is 10.1. The number of aryl methyl sites for hydroxylation is 1. The lowest BCUT2D eigenvalue weighted by Crippen LogP contribution is -2.31. The number of rotatable bonds is 8. The zero-order valence-corrected chi connectivity index (χ0v) is 20.5. The van der Waals surface area contributed by atoms with Crippen LogP contribution in [0.1, 0.15) is 28.6 Å². The first-order valence-corrected chi connectivity index (χ1v) is 12.1. The van der Waals surface area contributed by atoms with Gasteiger partial charge < -0.3 is 14.7 Å². The van der Waals surface area contributed by atoms with E-state index in [4.69, 9.17) is 4.74 Å². The molecule has 186 valence electrons. The molecule has 7 heteroatoms. The Morgan fingerprint density at radius 2 is 1.78 bits per heavy atom. The zero-order chi connectivity index (χ0) is 25.9. The molecule has 1 aliphatic rings. The van der Waals surface area contributed by atoms with Gasteiger partial charge in [0.1, 0.15) is 23.7 Å². The fourth-order valence-corrected chi connectivity index (χ4v) is 4.78. The molecule has 1 atom stereocenters. The molecule has 37 heavy (non-hydrogen) atoms. The fraction of sp³-hybridized carbons (Fsp3) is 0.167. The molecule has 1 N–H and O–H groups in total. The van der Waals surface area contributed by atoms with Crippen LogP contribution in [0.3, 0.4) is 0 Å². The van der Waals surface area contributed by atoms with Gasteiger partial charge in [-0.3, -0.25) is 14.0 Å². The van der Waals surface area contributed by atoms with Crippen LogP contribution >= 0.6 is 0 Å². The van der Waals surface area contributed by atoms with Crippen LogP contribution in [0.25, 0.3) is 11.4 Å². The third-order valence-corrected chi connectivity index (χ3v) is 6.52. The van der Waals surface area contributed by atoms with Gasteiger partial charge >= 0.3 is 0 Å². The number of aromatic nitrogens is 2. The molecule has 0 spiro atoms. The number of hydrogen-bond donors (Lipinski definition) is 1. The van der Waals surface area contributed by atoms with E-state index in [1.807, 2.05) is 60.7 Å². The maximum atomic E-state index is 13.4. The Morgan fingerprint density at radius 3 is 2.51 bits per heavy atom. The average Bonchev–Trinajstić information content (AvgIpc) is 3.39.